The lowest BCUT2D eigenvalue weighted by Gasteiger charge is -2.33. The molecule has 0 radical (unpaired) electrons. The maximum absolute atomic E-state index is 12.9. The van der Waals surface area contributed by atoms with Gasteiger partial charge in [0, 0.05) is 32.8 Å². The van der Waals surface area contributed by atoms with Crippen LogP contribution in [-0.4, -0.2) is 53.8 Å². The molecule has 0 aromatic carbocycles. The Labute approximate surface area is 153 Å². The van der Waals surface area contributed by atoms with Crippen LogP contribution in [0.25, 0.3) is 0 Å². The second-order valence-electron chi connectivity index (χ2n) is 6.74. The monoisotopic (exact) mass is 356 g/mol. The lowest BCUT2D eigenvalue weighted by molar-refractivity contribution is -0.131. The van der Waals surface area contributed by atoms with E-state index in [0.717, 1.165) is 17.0 Å². The number of rotatable bonds is 5. The summed E-state index contributed by atoms with van der Waals surface area (Å²) in [5, 5.41) is 3.00. The molecule has 3 heterocycles. The molecule has 0 aliphatic carbocycles. The fourth-order valence-electron chi connectivity index (χ4n) is 3.26. The summed E-state index contributed by atoms with van der Waals surface area (Å²) in [4.78, 5) is 32.8. The summed E-state index contributed by atoms with van der Waals surface area (Å²) in [7, 11) is 3.88. The third-order valence-corrected chi connectivity index (χ3v) is 4.75. The minimum Gasteiger partial charge on any atom is -0.468 e. The Kier molecular flexibility index (Phi) is 5.37. The molecular weight excluding hydrogens is 332 g/mol. The first-order valence-corrected chi connectivity index (χ1v) is 8.64. The van der Waals surface area contributed by atoms with Crippen LogP contribution in [0.3, 0.4) is 0 Å². The highest BCUT2D eigenvalue weighted by molar-refractivity contribution is 5.85. The van der Waals surface area contributed by atoms with Crippen molar-refractivity contribution in [1.29, 1.82) is 0 Å². The highest BCUT2D eigenvalue weighted by Crippen LogP contribution is 2.27. The van der Waals surface area contributed by atoms with Gasteiger partial charge in [0.25, 0.3) is 0 Å². The summed E-state index contributed by atoms with van der Waals surface area (Å²) in [5.74, 6) is 0.152. The first kappa shape index (κ1) is 18.1. The number of hydrogen-bond donors (Lipinski definition) is 1. The molecule has 0 bridgehead atoms. The van der Waals surface area contributed by atoms with Crippen molar-refractivity contribution in [3.8, 4) is 0 Å². The van der Waals surface area contributed by atoms with Crippen LogP contribution < -0.4 is 5.32 Å². The lowest BCUT2D eigenvalue weighted by Crippen LogP contribution is -2.45. The topological polar surface area (TPSA) is 78.7 Å². The molecule has 0 saturated heterocycles. The van der Waals surface area contributed by atoms with E-state index in [0.29, 0.717) is 19.6 Å². The number of carbonyl (C=O) groups is 2. The Morgan fingerprint density at radius 1 is 1.38 bits per heavy atom. The van der Waals surface area contributed by atoms with Gasteiger partial charge in [-0.25, -0.2) is 0 Å². The molecule has 1 aliphatic rings. The third-order valence-electron chi connectivity index (χ3n) is 4.75. The van der Waals surface area contributed by atoms with Crippen LogP contribution in [0, 0.1) is 0 Å². The summed E-state index contributed by atoms with van der Waals surface area (Å²) < 4.78 is 5.48. The van der Waals surface area contributed by atoms with E-state index in [1.54, 1.807) is 17.4 Å². The van der Waals surface area contributed by atoms with Crippen LogP contribution in [0.1, 0.15) is 35.9 Å². The molecule has 2 aromatic heterocycles. The predicted octanol–water partition coefficient (Wildman–Crippen LogP) is 1.54. The van der Waals surface area contributed by atoms with Gasteiger partial charge in [0.05, 0.1) is 23.9 Å². The number of furan rings is 1. The molecule has 2 unspecified atom stereocenters. The van der Waals surface area contributed by atoms with Crippen molar-refractivity contribution < 1.29 is 14.0 Å². The number of nitrogens with one attached hydrogen (secondary N) is 1. The van der Waals surface area contributed by atoms with Gasteiger partial charge in [-0.1, -0.05) is 6.07 Å². The molecule has 26 heavy (non-hydrogen) atoms. The fourth-order valence-corrected chi connectivity index (χ4v) is 3.26. The van der Waals surface area contributed by atoms with Crippen molar-refractivity contribution in [2.75, 3.05) is 27.2 Å². The Morgan fingerprint density at radius 3 is 2.85 bits per heavy atom. The molecule has 138 valence electrons. The summed E-state index contributed by atoms with van der Waals surface area (Å²) >= 11 is 0. The van der Waals surface area contributed by atoms with E-state index in [1.807, 2.05) is 43.3 Å². The van der Waals surface area contributed by atoms with Crippen molar-refractivity contribution >= 4 is 11.8 Å². The van der Waals surface area contributed by atoms with Gasteiger partial charge in [-0.3, -0.25) is 19.5 Å². The van der Waals surface area contributed by atoms with E-state index in [9.17, 15) is 9.59 Å². The Balaban J connectivity index is 1.75. The normalized spacial score (nSPS) is 17.7. The molecule has 1 N–H and O–H groups in total. The van der Waals surface area contributed by atoms with Crippen LogP contribution in [0.5, 0.6) is 0 Å². The maximum Gasteiger partial charge on any atom is 0.231 e. The quantitative estimate of drug-likeness (QED) is 0.879. The SMILES string of the molecule is CC(=O)N1Cc2cccnc2C(C(=O)NCC(c2ccco2)N(C)C)C1. The molecule has 0 spiro atoms. The van der Waals surface area contributed by atoms with Crippen molar-refractivity contribution in [2.24, 2.45) is 0 Å². The Hall–Kier alpha value is -2.67. The zero-order valence-electron chi connectivity index (χ0n) is 15.3. The van der Waals surface area contributed by atoms with E-state index in [-0.39, 0.29) is 17.9 Å². The van der Waals surface area contributed by atoms with E-state index >= 15 is 0 Å². The summed E-state index contributed by atoms with van der Waals surface area (Å²) in [6, 6.07) is 7.41. The standard InChI is InChI=1S/C19H24N4O3/c1-13(24)23-11-14-6-4-8-20-18(14)15(12-23)19(25)21-10-16(22(2)3)17-7-5-9-26-17/h4-9,15-16H,10-12H2,1-3H3,(H,21,25). The van der Waals surface area contributed by atoms with Crippen molar-refractivity contribution in [1.82, 2.24) is 20.1 Å². The van der Waals surface area contributed by atoms with Gasteiger partial charge < -0.3 is 14.6 Å². The molecule has 0 fully saturated rings. The molecule has 2 atom stereocenters. The van der Waals surface area contributed by atoms with Gasteiger partial charge in [-0.15, -0.1) is 0 Å². The highest BCUT2D eigenvalue weighted by atomic mass is 16.3. The van der Waals surface area contributed by atoms with Crippen LogP contribution >= 0.6 is 0 Å². The molecule has 7 nitrogen and oxygen atoms in total. The second-order valence-corrected chi connectivity index (χ2v) is 6.74. The Bertz CT molecular complexity index is 773. The molecule has 2 aromatic rings. The van der Waals surface area contributed by atoms with Crippen LogP contribution in [0.2, 0.25) is 0 Å². The van der Waals surface area contributed by atoms with E-state index in [2.05, 4.69) is 10.3 Å². The average molecular weight is 356 g/mol. The number of aromatic nitrogens is 1. The van der Waals surface area contributed by atoms with Crippen molar-refractivity contribution in [2.45, 2.75) is 25.4 Å². The van der Waals surface area contributed by atoms with E-state index in [1.165, 1.54) is 6.92 Å². The second kappa shape index (κ2) is 7.70. The van der Waals surface area contributed by atoms with Gasteiger partial charge in [0.15, 0.2) is 0 Å². The summed E-state index contributed by atoms with van der Waals surface area (Å²) in [5.41, 5.74) is 1.67. The number of pyridine rings is 1. The molecule has 0 saturated carbocycles. The summed E-state index contributed by atoms with van der Waals surface area (Å²) in [6.07, 6.45) is 3.31. The number of nitrogens with zero attached hydrogens (tertiary/aromatic N) is 3. The average Bonchev–Trinajstić information content (AvgIpc) is 3.14. The summed E-state index contributed by atoms with van der Waals surface area (Å²) in [6.45, 7) is 2.78. The number of carbonyl (C=O) groups excluding carboxylic acids is 2. The highest BCUT2D eigenvalue weighted by Gasteiger charge is 2.33. The molecule has 3 rings (SSSR count). The van der Waals surface area contributed by atoms with E-state index in [4.69, 9.17) is 4.42 Å². The maximum atomic E-state index is 12.9. The first-order chi connectivity index (χ1) is 12.5. The number of amides is 2. The third kappa shape index (κ3) is 3.77. The van der Waals surface area contributed by atoms with Crippen molar-refractivity contribution in [3.05, 3.63) is 53.7 Å². The largest absolute Gasteiger partial charge is 0.468 e. The van der Waals surface area contributed by atoms with Gasteiger partial charge in [0.2, 0.25) is 11.8 Å². The fraction of sp³-hybridized carbons (Fsp3) is 0.421. The number of hydrogen-bond acceptors (Lipinski definition) is 5. The van der Waals surface area contributed by atoms with Gasteiger partial charge >= 0.3 is 0 Å². The minimum atomic E-state index is -0.469. The lowest BCUT2D eigenvalue weighted by atomic mass is 9.93. The van der Waals surface area contributed by atoms with Gasteiger partial charge in [0.1, 0.15) is 5.76 Å². The Morgan fingerprint density at radius 2 is 2.19 bits per heavy atom. The van der Waals surface area contributed by atoms with E-state index < -0.39 is 5.92 Å². The van der Waals surface area contributed by atoms with Crippen LogP contribution in [-0.2, 0) is 16.1 Å². The molecule has 1 aliphatic heterocycles. The van der Waals surface area contributed by atoms with Gasteiger partial charge in [-0.05, 0) is 37.9 Å². The van der Waals surface area contributed by atoms with Crippen molar-refractivity contribution in [3.63, 3.8) is 0 Å². The smallest absolute Gasteiger partial charge is 0.231 e. The zero-order chi connectivity index (χ0) is 18.7. The first-order valence-electron chi connectivity index (χ1n) is 8.64. The number of likely N-dealkylation sites (N-methyl/N-ethyl adjacent to an activating group) is 1. The number of fused-ring (bicyclic) bond motifs is 1. The van der Waals surface area contributed by atoms with Crippen LogP contribution in [0.4, 0.5) is 0 Å². The minimum absolute atomic E-state index is 0.0425. The molecule has 7 heteroatoms. The predicted molar refractivity (Wildman–Crippen MR) is 96.2 cm³/mol. The zero-order valence-corrected chi connectivity index (χ0v) is 15.3. The molecular formula is C19H24N4O3. The van der Waals surface area contributed by atoms with Gasteiger partial charge in [-0.2, -0.15) is 0 Å². The molecule has 2 amide bonds. The van der Waals surface area contributed by atoms with Crippen LogP contribution in [0.15, 0.2) is 41.1 Å².